The number of carbonyl (C=O) groups is 2. The van der Waals surface area contributed by atoms with Crippen molar-refractivity contribution in [3.63, 3.8) is 0 Å². The Kier molecular flexibility index (Phi) is 4.08. The number of carboxylic acids is 1. The van der Waals surface area contributed by atoms with Crippen molar-refractivity contribution < 1.29 is 32.6 Å². The molecular formula is C10H7F3O4. The normalized spacial score (nSPS) is 10.4. The fourth-order valence-corrected chi connectivity index (χ4v) is 1.26. The van der Waals surface area contributed by atoms with Crippen LogP contribution in [-0.2, 0) is 11.2 Å². The Hall–Kier alpha value is -2.05. The lowest BCUT2D eigenvalue weighted by Crippen LogP contribution is -2.10. The third kappa shape index (κ3) is 3.20. The van der Waals surface area contributed by atoms with Gasteiger partial charge < -0.3 is 9.84 Å². The molecule has 0 saturated carbocycles. The molecule has 92 valence electrons. The van der Waals surface area contributed by atoms with Crippen LogP contribution in [0, 0.1) is 5.82 Å². The lowest BCUT2D eigenvalue weighted by atomic mass is 10.1. The highest BCUT2D eigenvalue weighted by Gasteiger charge is 2.19. The van der Waals surface area contributed by atoms with E-state index < -0.39 is 36.1 Å². The maximum absolute atomic E-state index is 13.1. The number of rotatable bonds is 5. The average Bonchev–Trinajstić information content (AvgIpc) is 2.21. The SMILES string of the molecule is O=Cc1c(F)ccc(CC(=O)O)c1OC(F)F. The second-order valence-corrected chi connectivity index (χ2v) is 3.02. The van der Waals surface area contributed by atoms with Gasteiger partial charge in [0.25, 0.3) is 0 Å². The first-order valence-corrected chi connectivity index (χ1v) is 4.39. The van der Waals surface area contributed by atoms with Crippen LogP contribution in [0.1, 0.15) is 15.9 Å². The Bertz CT molecular complexity index is 445. The van der Waals surface area contributed by atoms with Gasteiger partial charge in [-0.25, -0.2) is 4.39 Å². The molecule has 0 saturated heterocycles. The van der Waals surface area contributed by atoms with E-state index in [-0.39, 0.29) is 11.8 Å². The molecule has 1 N–H and O–H groups in total. The van der Waals surface area contributed by atoms with Crippen LogP contribution in [0.5, 0.6) is 5.75 Å². The van der Waals surface area contributed by atoms with Crippen LogP contribution in [-0.4, -0.2) is 24.0 Å². The van der Waals surface area contributed by atoms with Crippen molar-refractivity contribution in [1.29, 1.82) is 0 Å². The number of ether oxygens (including phenoxy) is 1. The molecule has 0 aliphatic heterocycles. The number of hydrogen-bond acceptors (Lipinski definition) is 3. The number of halogens is 3. The third-order valence-corrected chi connectivity index (χ3v) is 1.89. The molecule has 0 fully saturated rings. The standard InChI is InChI=1S/C10H7F3O4/c11-7-2-1-5(3-8(15)16)9(6(7)4-14)17-10(12)13/h1-2,4,10H,3H2,(H,15,16). The summed E-state index contributed by atoms with van der Waals surface area (Å²) in [5, 5.41) is 8.53. The predicted octanol–water partition coefficient (Wildman–Crippen LogP) is 1.87. The molecule has 0 bridgehead atoms. The minimum absolute atomic E-state index is 0.00159. The zero-order valence-corrected chi connectivity index (χ0v) is 8.32. The summed E-state index contributed by atoms with van der Waals surface area (Å²) in [4.78, 5) is 21.0. The van der Waals surface area contributed by atoms with Gasteiger partial charge in [0, 0.05) is 5.56 Å². The van der Waals surface area contributed by atoms with Crippen molar-refractivity contribution in [2.75, 3.05) is 0 Å². The Morgan fingerprint density at radius 2 is 2.12 bits per heavy atom. The van der Waals surface area contributed by atoms with Crippen molar-refractivity contribution in [2.24, 2.45) is 0 Å². The van der Waals surface area contributed by atoms with Gasteiger partial charge in [-0.2, -0.15) is 8.78 Å². The van der Waals surface area contributed by atoms with Crippen LogP contribution >= 0.6 is 0 Å². The summed E-state index contributed by atoms with van der Waals surface area (Å²) < 4.78 is 41.3. The van der Waals surface area contributed by atoms with Gasteiger partial charge in [-0.05, 0) is 6.07 Å². The Morgan fingerprint density at radius 3 is 2.59 bits per heavy atom. The lowest BCUT2D eigenvalue weighted by Gasteiger charge is -2.12. The van der Waals surface area contributed by atoms with Crippen LogP contribution in [0.2, 0.25) is 0 Å². The van der Waals surface area contributed by atoms with Gasteiger partial charge in [0.15, 0.2) is 6.29 Å². The van der Waals surface area contributed by atoms with Crippen molar-refractivity contribution in [3.05, 3.63) is 29.1 Å². The first-order chi connectivity index (χ1) is 7.95. The summed E-state index contributed by atoms with van der Waals surface area (Å²) in [5.41, 5.74) is -0.912. The third-order valence-electron chi connectivity index (χ3n) is 1.89. The Labute approximate surface area is 93.6 Å². The van der Waals surface area contributed by atoms with Gasteiger partial charge in [-0.15, -0.1) is 0 Å². The van der Waals surface area contributed by atoms with Gasteiger partial charge >= 0.3 is 12.6 Å². The summed E-state index contributed by atoms with van der Waals surface area (Å²) in [7, 11) is 0. The van der Waals surface area contributed by atoms with Gasteiger partial charge in [0.2, 0.25) is 0 Å². The second kappa shape index (κ2) is 5.33. The van der Waals surface area contributed by atoms with Crippen LogP contribution in [0.3, 0.4) is 0 Å². The quantitative estimate of drug-likeness (QED) is 0.808. The molecule has 17 heavy (non-hydrogen) atoms. The van der Waals surface area contributed by atoms with Gasteiger partial charge in [0.1, 0.15) is 11.6 Å². The summed E-state index contributed by atoms with van der Waals surface area (Å²) in [5.74, 6) is -3.10. The van der Waals surface area contributed by atoms with E-state index in [0.717, 1.165) is 12.1 Å². The average molecular weight is 248 g/mol. The van der Waals surface area contributed by atoms with E-state index >= 15 is 0 Å². The van der Waals surface area contributed by atoms with Crippen LogP contribution < -0.4 is 4.74 Å². The van der Waals surface area contributed by atoms with E-state index in [4.69, 9.17) is 5.11 Å². The molecule has 0 amide bonds. The molecule has 1 aromatic carbocycles. The first-order valence-electron chi connectivity index (χ1n) is 4.39. The number of alkyl halides is 2. The van der Waals surface area contributed by atoms with Crippen molar-refractivity contribution in [1.82, 2.24) is 0 Å². The smallest absolute Gasteiger partial charge is 0.387 e. The summed E-state index contributed by atoms with van der Waals surface area (Å²) in [6, 6.07) is 1.80. The zero-order chi connectivity index (χ0) is 13.0. The Balaban J connectivity index is 3.28. The number of carbonyl (C=O) groups excluding carboxylic acids is 1. The monoisotopic (exact) mass is 248 g/mol. The van der Waals surface area contributed by atoms with E-state index in [9.17, 15) is 22.8 Å². The highest BCUT2D eigenvalue weighted by molar-refractivity contribution is 5.82. The fraction of sp³-hybridized carbons (Fsp3) is 0.200. The first kappa shape index (κ1) is 13.0. The largest absolute Gasteiger partial charge is 0.481 e. The van der Waals surface area contributed by atoms with Gasteiger partial charge in [0.05, 0.1) is 12.0 Å². The molecule has 0 unspecified atom stereocenters. The van der Waals surface area contributed by atoms with E-state index in [0.29, 0.717) is 0 Å². The molecule has 0 radical (unpaired) electrons. The summed E-state index contributed by atoms with van der Waals surface area (Å²) in [6.07, 6.45) is -0.651. The molecule has 0 atom stereocenters. The van der Waals surface area contributed by atoms with Crippen molar-refractivity contribution in [3.8, 4) is 5.75 Å². The van der Waals surface area contributed by atoms with Crippen LogP contribution in [0.4, 0.5) is 13.2 Å². The minimum atomic E-state index is -3.27. The van der Waals surface area contributed by atoms with E-state index in [2.05, 4.69) is 4.74 Å². The molecule has 1 rings (SSSR count). The number of carboxylic acid groups (broad SMARTS) is 1. The maximum atomic E-state index is 13.1. The lowest BCUT2D eigenvalue weighted by molar-refractivity contribution is -0.136. The van der Waals surface area contributed by atoms with Gasteiger partial charge in [-0.1, -0.05) is 6.07 Å². The number of hydrogen-bond donors (Lipinski definition) is 1. The molecule has 7 heteroatoms. The minimum Gasteiger partial charge on any atom is -0.481 e. The summed E-state index contributed by atoms with van der Waals surface area (Å²) in [6.45, 7) is -3.27. The summed E-state index contributed by atoms with van der Waals surface area (Å²) >= 11 is 0. The molecule has 0 aromatic heterocycles. The Morgan fingerprint density at radius 1 is 1.47 bits per heavy atom. The van der Waals surface area contributed by atoms with Crippen molar-refractivity contribution >= 4 is 12.3 Å². The highest BCUT2D eigenvalue weighted by atomic mass is 19.3. The number of benzene rings is 1. The topological polar surface area (TPSA) is 63.6 Å². The number of aliphatic carboxylic acids is 1. The van der Waals surface area contributed by atoms with Crippen molar-refractivity contribution in [2.45, 2.75) is 13.0 Å². The molecule has 4 nitrogen and oxygen atoms in total. The molecule has 1 aromatic rings. The predicted molar refractivity (Wildman–Crippen MR) is 49.8 cm³/mol. The van der Waals surface area contributed by atoms with E-state index in [1.807, 2.05) is 0 Å². The molecule has 0 heterocycles. The number of aldehydes is 1. The molecule has 0 spiro atoms. The zero-order valence-electron chi connectivity index (χ0n) is 8.32. The van der Waals surface area contributed by atoms with Gasteiger partial charge in [-0.3, -0.25) is 9.59 Å². The fourth-order valence-electron chi connectivity index (χ4n) is 1.26. The van der Waals surface area contributed by atoms with Crippen LogP contribution in [0.15, 0.2) is 12.1 Å². The van der Waals surface area contributed by atoms with Crippen LogP contribution in [0.25, 0.3) is 0 Å². The van der Waals surface area contributed by atoms with E-state index in [1.54, 1.807) is 0 Å². The second-order valence-electron chi connectivity index (χ2n) is 3.02. The highest BCUT2D eigenvalue weighted by Crippen LogP contribution is 2.27. The molecular weight excluding hydrogens is 241 g/mol. The van der Waals surface area contributed by atoms with E-state index in [1.165, 1.54) is 0 Å². The maximum Gasteiger partial charge on any atom is 0.387 e. The molecule has 0 aliphatic rings. The molecule has 0 aliphatic carbocycles.